The van der Waals surface area contributed by atoms with Crippen LogP contribution in [0, 0.1) is 0 Å². The summed E-state index contributed by atoms with van der Waals surface area (Å²) in [6.45, 7) is 2.92. The van der Waals surface area contributed by atoms with Crippen molar-refractivity contribution in [3.8, 4) is 5.75 Å². The fourth-order valence-corrected chi connectivity index (χ4v) is 2.90. The third-order valence-electron chi connectivity index (χ3n) is 4.30. The van der Waals surface area contributed by atoms with Crippen molar-refractivity contribution in [2.45, 2.75) is 51.9 Å². The molecule has 1 heterocycles. The summed E-state index contributed by atoms with van der Waals surface area (Å²) < 4.78 is 5.77. The van der Waals surface area contributed by atoms with Crippen molar-refractivity contribution in [2.24, 2.45) is 5.10 Å². The summed E-state index contributed by atoms with van der Waals surface area (Å²) >= 11 is 6.28. The first kappa shape index (κ1) is 21.9. The molecule has 0 saturated heterocycles. The predicted molar refractivity (Wildman–Crippen MR) is 114 cm³/mol. The lowest BCUT2D eigenvalue weighted by Gasteiger charge is -2.08. The number of rotatable bonds is 12. The number of carbonyl (C=O) groups is 1. The molecule has 28 heavy (non-hydrogen) atoms. The van der Waals surface area contributed by atoms with Gasteiger partial charge in [0.1, 0.15) is 5.75 Å². The Labute approximate surface area is 172 Å². The van der Waals surface area contributed by atoms with E-state index in [1.807, 2.05) is 12.1 Å². The van der Waals surface area contributed by atoms with E-state index >= 15 is 0 Å². The molecule has 1 aromatic carbocycles. The zero-order valence-corrected chi connectivity index (χ0v) is 17.1. The maximum absolute atomic E-state index is 11.9. The molecule has 2 aromatic rings. The van der Waals surface area contributed by atoms with Crippen molar-refractivity contribution >= 4 is 23.7 Å². The zero-order chi connectivity index (χ0) is 20.0. The molecule has 2 rings (SSSR count). The standard InChI is InChI=1S/C22H28ClN3O2/c1-2-3-4-5-6-7-8-15-28-20-10-9-19(21(23)16-20)17-25-26-22(27)18-11-13-24-14-12-18/h9-14,16-17H,2-8,15H2,1H3,(H,26,27)/b25-17-. The van der Waals surface area contributed by atoms with E-state index in [-0.39, 0.29) is 5.91 Å². The van der Waals surface area contributed by atoms with Crippen LogP contribution >= 0.6 is 11.6 Å². The van der Waals surface area contributed by atoms with E-state index in [1.165, 1.54) is 44.7 Å². The summed E-state index contributed by atoms with van der Waals surface area (Å²) in [5.41, 5.74) is 3.67. The van der Waals surface area contributed by atoms with Crippen molar-refractivity contribution in [3.63, 3.8) is 0 Å². The molecule has 0 bridgehead atoms. The summed E-state index contributed by atoms with van der Waals surface area (Å²) in [5.74, 6) is 0.443. The maximum Gasteiger partial charge on any atom is 0.271 e. The Morgan fingerprint density at radius 1 is 1.11 bits per heavy atom. The first-order valence-electron chi connectivity index (χ1n) is 9.86. The van der Waals surface area contributed by atoms with Crippen molar-refractivity contribution in [1.29, 1.82) is 0 Å². The van der Waals surface area contributed by atoms with Gasteiger partial charge in [-0.05, 0) is 36.8 Å². The van der Waals surface area contributed by atoms with Crippen molar-refractivity contribution < 1.29 is 9.53 Å². The number of halogens is 1. The Hall–Kier alpha value is -2.40. The number of benzene rings is 1. The molecule has 0 radical (unpaired) electrons. The second kappa shape index (κ2) is 12.9. The number of unbranched alkanes of at least 4 members (excludes halogenated alkanes) is 6. The molecule has 0 aliphatic heterocycles. The number of hydrogen-bond donors (Lipinski definition) is 1. The van der Waals surface area contributed by atoms with Gasteiger partial charge in [0.05, 0.1) is 17.8 Å². The Balaban J connectivity index is 1.72. The second-order valence-electron chi connectivity index (χ2n) is 6.59. The van der Waals surface area contributed by atoms with Crippen LogP contribution in [-0.2, 0) is 0 Å². The molecule has 0 spiro atoms. The van der Waals surface area contributed by atoms with Crippen LogP contribution in [0.2, 0.25) is 5.02 Å². The van der Waals surface area contributed by atoms with Gasteiger partial charge in [-0.2, -0.15) is 5.10 Å². The minimum absolute atomic E-state index is 0.301. The number of ether oxygens (including phenoxy) is 1. The largest absolute Gasteiger partial charge is 0.494 e. The minimum Gasteiger partial charge on any atom is -0.494 e. The summed E-state index contributed by atoms with van der Waals surface area (Å²) in [4.78, 5) is 15.8. The smallest absolute Gasteiger partial charge is 0.271 e. The first-order valence-corrected chi connectivity index (χ1v) is 10.2. The van der Waals surface area contributed by atoms with Crippen LogP contribution in [0.4, 0.5) is 0 Å². The van der Waals surface area contributed by atoms with Crippen molar-refractivity contribution in [1.82, 2.24) is 10.4 Å². The molecule has 0 saturated carbocycles. The summed E-state index contributed by atoms with van der Waals surface area (Å²) in [6, 6.07) is 8.70. The molecular formula is C22H28ClN3O2. The van der Waals surface area contributed by atoms with Crippen LogP contribution in [0.1, 0.15) is 67.8 Å². The number of nitrogens with one attached hydrogen (secondary N) is 1. The van der Waals surface area contributed by atoms with Gasteiger partial charge >= 0.3 is 0 Å². The number of pyridine rings is 1. The van der Waals surface area contributed by atoms with E-state index in [0.717, 1.165) is 12.2 Å². The third-order valence-corrected chi connectivity index (χ3v) is 4.63. The molecule has 0 unspecified atom stereocenters. The van der Waals surface area contributed by atoms with Crippen LogP contribution in [0.25, 0.3) is 0 Å². The highest BCUT2D eigenvalue weighted by atomic mass is 35.5. The fourth-order valence-electron chi connectivity index (χ4n) is 2.68. The highest BCUT2D eigenvalue weighted by Crippen LogP contribution is 2.21. The van der Waals surface area contributed by atoms with Gasteiger partial charge in [0.15, 0.2) is 0 Å². The van der Waals surface area contributed by atoms with E-state index in [1.54, 1.807) is 30.6 Å². The Bertz CT molecular complexity index is 751. The van der Waals surface area contributed by atoms with Gasteiger partial charge in [-0.1, -0.05) is 57.0 Å². The van der Waals surface area contributed by atoms with Gasteiger partial charge in [-0.25, -0.2) is 5.43 Å². The van der Waals surface area contributed by atoms with Gasteiger partial charge in [-0.15, -0.1) is 0 Å². The lowest BCUT2D eigenvalue weighted by Crippen LogP contribution is -2.17. The number of hydrazone groups is 1. The molecule has 1 aromatic heterocycles. The summed E-state index contributed by atoms with van der Waals surface area (Å²) in [6.07, 6.45) is 13.4. The topological polar surface area (TPSA) is 63.6 Å². The molecular weight excluding hydrogens is 374 g/mol. The van der Waals surface area contributed by atoms with Crippen LogP contribution < -0.4 is 10.2 Å². The van der Waals surface area contributed by atoms with E-state index in [0.29, 0.717) is 22.8 Å². The first-order chi connectivity index (χ1) is 13.7. The summed E-state index contributed by atoms with van der Waals surface area (Å²) in [7, 11) is 0. The highest BCUT2D eigenvalue weighted by Gasteiger charge is 2.04. The second-order valence-corrected chi connectivity index (χ2v) is 7.00. The lowest BCUT2D eigenvalue weighted by atomic mass is 10.1. The van der Waals surface area contributed by atoms with Gasteiger partial charge in [-0.3, -0.25) is 9.78 Å². The van der Waals surface area contributed by atoms with Gasteiger partial charge in [0, 0.05) is 23.5 Å². The quantitative estimate of drug-likeness (QED) is 0.285. The Kier molecular flexibility index (Phi) is 10.1. The molecule has 1 amide bonds. The van der Waals surface area contributed by atoms with Crippen molar-refractivity contribution in [2.75, 3.05) is 6.61 Å². The Morgan fingerprint density at radius 2 is 1.82 bits per heavy atom. The number of carbonyl (C=O) groups excluding carboxylic acids is 1. The van der Waals surface area contributed by atoms with Crippen LogP contribution in [-0.4, -0.2) is 23.7 Å². The normalized spacial score (nSPS) is 10.9. The lowest BCUT2D eigenvalue weighted by molar-refractivity contribution is 0.0955. The van der Waals surface area contributed by atoms with Crippen LogP contribution in [0.5, 0.6) is 5.75 Å². The number of nitrogens with zero attached hydrogens (tertiary/aromatic N) is 2. The average molecular weight is 402 g/mol. The van der Waals surface area contributed by atoms with Gasteiger partial charge < -0.3 is 4.74 Å². The molecule has 0 aliphatic rings. The monoisotopic (exact) mass is 401 g/mol. The van der Waals surface area contributed by atoms with E-state index in [9.17, 15) is 4.79 Å². The Morgan fingerprint density at radius 3 is 2.54 bits per heavy atom. The number of hydrogen-bond acceptors (Lipinski definition) is 4. The molecule has 0 atom stereocenters. The maximum atomic E-state index is 11.9. The van der Waals surface area contributed by atoms with Gasteiger partial charge in [0.2, 0.25) is 0 Å². The number of amides is 1. The van der Waals surface area contributed by atoms with E-state index in [4.69, 9.17) is 16.3 Å². The van der Waals surface area contributed by atoms with Gasteiger partial charge in [0.25, 0.3) is 5.91 Å². The molecule has 6 heteroatoms. The summed E-state index contributed by atoms with van der Waals surface area (Å²) in [5, 5.41) is 4.48. The molecule has 1 N–H and O–H groups in total. The molecule has 5 nitrogen and oxygen atoms in total. The SMILES string of the molecule is CCCCCCCCCOc1ccc(/C=N\NC(=O)c2ccncc2)c(Cl)c1. The molecule has 0 fully saturated rings. The predicted octanol–water partition coefficient (Wildman–Crippen LogP) is 5.63. The molecule has 150 valence electrons. The van der Waals surface area contributed by atoms with E-state index < -0.39 is 0 Å². The van der Waals surface area contributed by atoms with Crippen LogP contribution in [0.15, 0.2) is 47.8 Å². The minimum atomic E-state index is -0.301. The number of aromatic nitrogens is 1. The van der Waals surface area contributed by atoms with Crippen molar-refractivity contribution in [3.05, 3.63) is 58.9 Å². The average Bonchev–Trinajstić information content (AvgIpc) is 2.72. The third kappa shape index (κ3) is 8.09. The highest BCUT2D eigenvalue weighted by molar-refractivity contribution is 6.33. The fraction of sp³-hybridized carbons (Fsp3) is 0.409. The van der Waals surface area contributed by atoms with E-state index in [2.05, 4.69) is 22.4 Å². The van der Waals surface area contributed by atoms with Crippen LogP contribution in [0.3, 0.4) is 0 Å². The molecule has 0 aliphatic carbocycles. The zero-order valence-electron chi connectivity index (χ0n) is 16.4.